The molecule has 188 valence electrons. The van der Waals surface area contributed by atoms with Crippen LogP contribution in [0.2, 0.25) is 0 Å². The number of hydrogen-bond acceptors (Lipinski definition) is 7. The van der Waals surface area contributed by atoms with Gasteiger partial charge >= 0.3 is 0 Å². The number of imidazole rings is 1. The summed E-state index contributed by atoms with van der Waals surface area (Å²) in [6, 6.07) is 10.6. The van der Waals surface area contributed by atoms with Gasteiger partial charge in [0.25, 0.3) is 15.9 Å². The van der Waals surface area contributed by atoms with Gasteiger partial charge in [-0.1, -0.05) is 6.07 Å². The zero-order valence-electron chi connectivity index (χ0n) is 19.7. The van der Waals surface area contributed by atoms with E-state index in [0.717, 1.165) is 37.2 Å². The van der Waals surface area contributed by atoms with Crippen molar-refractivity contribution in [3.63, 3.8) is 0 Å². The van der Waals surface area contributed by atoms with Gasteiger partial charge in [-0.15, -0.1) is 11.3 Å². The number of nitrogens with one attached hydrogen (secondary N) is 2. The maximum absolute atomic E-state index is 13.1. The highest BCUT2D eigenvalue weighted by molar-refractivity contribution is 7.91. The predicted octanol–water partition coefficient (Wildman–Crippen LogP) is 2.72. The summed E-state index contributed by atoms with van der Waals surface area (Å²) in [7, 11) is -1.98. The van der Waals surface area contributed by atoms with Crippen LogP contribution < -0.4 is 15.4 Å². The molecule has 1 aliphatic rings. The van der Waals surface area contributed by atoms with E-state index in [1.165, 1.54) is 11.3 Å². The van der Waals surface area contributed by atoms with E-state index >= 15 is 0 Å². The van der Waals surface area contributed by atoms with Crippen LogP contribution in [-0.4, -0.2) is 61.0 Å². The number of carbonyl (C=O) groups is 1. The molecule has 0 saturated carbocycles. The van der Waals surface area contributed by atoms with Crippen LogP contribution in [0.5, 0.6) is 5.75 Å². The maximum Gasteiger partial charge on any atom is 0.252 e. The van der Waals surface area contributed by atoms with Crippen molar-refractivity contribution in [1.82, 2.24) is 24.5 Å². The number of ether oxygens (including phenoxy) is 1. The van der Waals surface area contributed by atoms with E-state index in [-0.39, 0.29) is 12.5 Å². The molecular weight excluding hydrogens is 486 g/mol. The van der Waals surface area contributed by atoms with Crippen LogP contribution in [-0.2, 0) is 23.1 Å². The SMILES string of the molecule is COc1cccc(C(=O)NCc2ccc(S(=O)(=O)N3CCC(NCCCn4ccnc4)CC3)s2)c1. The van der Waals surface area contributed by atoms with Gasteiger partial charge in [0.1, 0.15) is 9.96 Å². The van der Waals surface area contributed by atoms with Gasteiger partial charge in [-0.3, -0.25) is 4.79 Å². The minimum atomic E-state index is -3.53. The zero-order valence-corrected chi connectivity index (χ0v) is 21.4. The number of benzene rings is 1. The quantitative estimate of drug-likeness (QED) is 0.379. The Kier molecular flexibility index (Phi) is 8.55. The van der Waals surface area contributed by atoms with Crippen molar-refractivity contribution in [1.29, 1.82) is 0 Å². The second-order valence-electron chi connectivity index (χ2n) is 8.42. The normalized spacial score (nSPS) is 15.2. The lowest BCUT2D eigenvalue weighted by atomic mass is 10.1. The van der Waals surface area contributed by atoms with Gasteiger partial charge in [0.05, 0.1) is 20.0 Å². The van der Waals surface area contributed by atoms with Crippen molar-refractivity contribution in [2.24, 2.45) is 0 Å². The third-order valence-electron chi connectivity index (χ3n) is 6.03. The number of hydrogen-bond donors (Lipinski definition) is 2. The second kappa shape index (κ2) is 11.8. The van der Waals surface area contributed by atoms with Crippen molar-refractivity contribution >= 4 is 27.3 Å². The molecule has 0 radical (unpaired) electrons. The van der Waals surface area contributed by atoms with Crippen molar-refractivity contribution in [3.05, 3.63) is 65.6 Å². The Hall–Kier alpha value is -2.73. The highest BCUT2D eigenvalue weighted by Crippen LogP contribution is 2.27. The number of piperidine rings is 1. The molecule has 0 aliphatic carbocycles. The molecule has 2 N–H and O–H groups in total. The van der Waals surface area contributed by atoms with E-state index < -0.39 is 10.0 Å². The lowest BCUT2D eigenvalue weighted by Crippen LogP contribution is -2.45. The molecule has 3 aromatic rings. The average molecular weight is 518 g/mol. The Morgan fingerprint density at radius 2 is 2.06 bits per heavy atom. The molecule has 0 atom stereocenters. The molecule has 0 bridgehead atoms. The molecule has 11 heteroatoms. The monoisotopic (exact) mass is 517 g/mol. The van der Waals surface area contributed by atoms with Crippen LogP contribution in [0.3, 0.4) is 0 Å². The Labute approximate surface area is 210 Å². The number of aryl methyl sites for hydroxylation is 1. The number of nitrogens with zero attached hydrogens (tertiary/aromatic N) is 3. The first-order valence-corrected chi connectivity index (χ1v) is 13.9. The largest absolute Gasteiger partial charge is 0.497 e. The number of sulfonamides is 1. The number of carbonyl (C=O) groups excluding carboxylic acids is 1. The topological polar surface area (TPSA) is 106 Å². The molecule has 35 heavy (non-hydrogen) atoms. The van der Waals surface area contributed by atoms with Crippen LogP contribution in [0.25, 0.3) is 0 Å². The first-order chi connectivity index (χ1) is 17.0. The Balaban J connectivity index is 1.23. The van der Waals surface area contributed by atoms with Crippen molar-refractivity contribution in [3.8, 4) is 5.75 Å². The standard InChI is InChI=1S/C24H31N5O4S2/c1-33-21-5-2-4-19(16-21)24(30)27-17-22-6-7-23(34-22)35(31,32)29-13-8-20(9-14-29)26-10-3-12-28-15-11-25-18-28/h2,4-7,11,15-16,18,20,26H,3,8-10,12-14,17H2,1H3,(H,27,30). The Morgan fingerprint density at radius 1 is 1.23 bits per heavy atom. The molecule has 2 aromatic heterocycles. The van der Waals surface area contributed by atoms with Crippen molar-refractivity contribution in [2.45, 2.75) is 42.6 Å². The fourth-order valence-electron chi connectivity index (χ4n) is 4.04. The summed E-state index contributed by atoms with van der Waals surface area (Å²) >= 11 is 1.20. The minimum Gasteiger partial charge on any atom is -0.497 e. The summed E-state index contributed by atoms with van der Waals surface area (Å²) in [6.45, 7) is 3.08. The lowest BCUT2D eigenvalue weighted by Gasteiger charge is -2.31. The molecule has 4 rings (SSSR count). The molecule has 0 unspecified atom stereocenters. The summed E-state index contributed by atoms with van der Waals surface area (Å²) in [6.07, 6.45) is 8.12. The van der Waals surface area contributed by atoms with E-state index in [0.29, 0.717) is 34.7 Å². The number of thiophene rings is 1. The van der Waals surface area contributed by atoms with Crippen LogP contribution >= 0.6 is 11.3 Å². The molecule has 9 nitrogen and oxygen atoms in total. The molecule has 1 aliphatic heterocycles. The fraction of sp³-hybridized carbons (Fsp3) is 0.417. The predicted molar refractivity (Wildman–Crippen MR) is 135 cm³/mol. The van der Waals surface area contributed by atoms with Crippen molar-refractivity contribution in [2.75, 3.05) is 26.7 Å². The molecule has 1 amide bonds. The Bertz CT molecular complexity index is 1200. The number of methoxy groups -OCH3 is 1. The third-order valence-corrected chi connectivity index (χ3v) is 9.48. The lowest BCUT2D eigenvalue weighted by molar-refractivity contribution is 0.0951. The molecular formula is C24H31N5O4S2. The first kappa shape index (κ1) is 25.4. The summed E-state index contributed by atoms with van der Waals surface area (Å²) in [5, 5.41) is 6.39. The van der Waals surface area contributed by atoms with Crippen LogP contribution in [0.4, 0.5) is 0 Å². The zero-order chi connectivity index (χ0) is 24.7. The van der Waals surface area contributed by atoms with Crippen molar-refractivity contribution < 1.29 is 17.9 Å². The van der Waals surface area contributed by atoms with Gasteiger partial charge in [-0.05, 0) is 56.1 Å². The third kappa shape index (κ3) is 6.69. The smallest absolute Gasteiger partial charge is 0.252 e. The minimum absolute atomic E-state index is 0.235. The number of rotatable bonds is 11. The van der Waals surface area contributed by atoms with Gasteiger partial charge < -0.3 is 19.9 Å². The molecule has 1 saturated heterocycles. The highest BCUT2D eigenvalue weighted by Gasteiger charge is 2.30. The van der Waals surface area contributed by atoms with E-state index in [1.54, 1.807) is 54.0 Å². The molecule has 0 spiro atoms. The maximum atomic E-state index is 13.1. The second-order valence-corrected chi connectivity index (χ2v) is 11.8. The highest BCUT2D eigenvalue weighted by atomic mass is 32.2. The van der Waals surface area contributed by atoms with Gasteiger partial charge in [0, 0.05) is 48.5 Å². The Morgan fingerprint density at radius 3 is 2.80 bits per heavy atom. The fourth-order valence-corrected chi connectivity index (χ4v) is 6.96. The summed E-state index contributed by atoms with van der Waals surface area (Å²) < 4.78 is 35.4. The molecule has 3 heterocycles. The average Bonchev–Trinajstić information content (AvgIpc) is 3.58. The summed E-state index contributed by atoms with van der Waals surface area (Å²) in [5.41, 5.74) is 0.493. The van der Waals surface area contributed by atoms with Gasteiger partial charge in [0.2, 0.25) is 0 Å². The first-order valence-electron chi connectivity index (χ1n) is 11.7. The summed E-state index contributed by atoms with van der Waals surface area (Å²) in [5.74, 6) is 0.372. The van der Waals surface area contributed by atoms with E-state index in [4.69, 9.17) is 4.74 Å². The molecule has 1 aromatic carbocycles. The van der Waals surface area contributed by atoms with E-state index in [1.807, 2.05) is 12.5 Å². The number of aromatic nitrogens is 2. The van der Waals surface area contributed by atoms with Crippen LogP contribution in [0.1, 0.15) is 34.5 Å². The van der Waals surface area contributed by atoms with E-state index in [9.17, 15) is 13.2 Å². The van der Waals surface area contributed by atoms with Crippen LogP contribution in [0, 0.1) is 0 Å². The summed E-state index contributed by atoms with van der Waals surface area (Å²) in [4.78, 5) is 17.3. The van der Waals surface area contributed by atoms with Crippen LogP contribution in [0.15, 0.2) is 59.3 Å². The van der Waals surface area contributed by atoms with Gasteiger partial charge in [-0.2, -0.15) is 4.31 Å². The molecule has 1 fully saturated rings. The number of amides is 1. The van der Waals surface area contributed by atoms with Gasteiger partial charge in [0.15, 0.2) is 0 Å². The van der Waals surface area contributed by atoms with E-state index in [2.05, 4.69) is 20.2 Å². The van der Waals surface area contributed by atoms with Gasteiger partial charge in [-0.25, -0.2) is 13.4 Å².